The number of anilines is 1. The van der Waals surface area contributed by atoms with Crippen LogP contribution in [0.3, 0.4) is 0 Å². The van der Waals surface area contributed by atoms with E-state index in [2.05, 4.69) is 5.32 Å². The number of sulfonamides is 1. The predicted molar refractivity (Wildman–Crippen MR) is 123 cm³/mol. The van der Waals surface area contributed by atoms with Crippen LogP contribution in [0.15, 0.2) is 46.2 Å². The molecule has 31 heavy (non-hydrogen) atoms. The van der Waals surface area contributed by atoms with Gasteiger partial charge in [0.1, 0.15) is 13.2 Å². The molecule has 0 aromatic heterocycles. The molecule has 0 spiro atoms. The second kappa shape index (κ2) is 9.93. The highest BCUT2D eigenvalue weighted by molar-refractivity contribution is 8.00. The van der Waals surface area contributed by atoms with Crippen LogP contribution in [0.2, 0.25) is 0 Å². The average Bonchev–Trinajstić information content (AvgIpc) is 2.75. The van der Waals surface area contributed by atoms with Gasteiger partial charge in [-0.05, 0) is 49.7 Å². The van der Waals surface area contributed by atoms with Gasteiger partial charge in [0, 0.05) is 23.7 Å². The van der Waals surface area contributed by atoms with Gasteiger partial charge >= 0.3 is 0 Å². The maximum Gasteiger partial charge on any atom is 0.243 e. The summed E-state index contributed by atoms with van der Waals surface area (Å²) in [5.41, 5.74) is 1.10. The molecule has 0 bridgehead atoms. The van der Waals surface area contributed by atoms with Crippen LogP contribution in [0, 0.1) is 6.92 Å². The lowest BCUT2D eigenvalue weighted by molar-refractivity contribution is -0.115. The van der Waals surface area contributed by atoms with Gasteiger partial charge < -0.3 is 14.8 Å². The van der Waals surface area contributed by atoms with Crippen molar-refractivity contribution in [3.63, 3.8) is 0 Å². The van der Waals surface area contributed by atoms with Crippen molar-refractivity contribution in [2.45, 2.75) is 42.7 Å². The van der Waals surface area contributed by atoms with Crippen molar-refractivity contribution >= 4 is 33.4 Å². The number of rotatable bonds is 8. The van der Waals surface area contributed by atoms with Gasteiger partial charge in [-0.15, -0.1) is 11.8 Å². The molecule has 2 aromatic carbocycles. The topological polar surface area (TPSA) is 84.9 Å². The molecule has 168 valence electrons. The van der Waals surface area contributed by atoms with Crippen molar-refractivity contribution < 1.29 is 22.7 Å². The fourth-order valence-electron chi connectivity index (χ4n) is 3.26. The fourth-order valence-corrected chi connectivity index (χ4v) is 5.86. The van der Waals surface area contributed by atoms with Crippen molar-refractivity contribution in [3.05, 3.63) is 42.0 Å². The smallest absolute Gasteiger partial charge is 0.243 e. The van der Waals surface area contributed by atoms with Crippen LogP contribution in [0.5, 0.6) is 11.5 Å². The third-order valence-electron chi connectivity index (χ3n) is 4.97. The quantitative estimate of drug-likeness (QED) is 0.596. The molecule has 0 aliphatic carbocycles. The third-order valence-corrected chi connectivity index (χ3v) is 8.26. The molecule has 1 heterocycles. The van der Waals surface area contributed by atoms with Crippen molar-refractivity contribution in [2.24, 2.45) is 0 Å². The van der Waals surface area contributed by atoms with Crippen LogP contribution in [-0.4, -0.2) is 50.2 Å². The summed E-state index contributed by atoms with van der Waals surface area (Å²) in [5.74, 6) is 1.16. The molecule has 2 aromatic rings. The zero-order valence-electron chi connectivity index (χ0n) is 18.2. The van der Waals surface area contributed by atoms with E-state index >= 15 is 0 Å². The Hall–Kier alpha value is -2.23. The summed E-state index contributed by atoms with van der Waals surface area (Å²) in [6.45, 7) is 8.97. The standard InChI is InChI=1S/C22H28N2O5S2/c1-5-24(6-2)31(26,27)21-13-17(8-7-15(21)3)23-22(25)16(4)30-18-9-10-19-20(14-18)29-12-11-28-19/h7-10,13-14,16H,5-6,11-12H2,1-4H3,(H,23,25). The van der Waals surface area contributed by atoms with Gasteiger partial charge in [-0.2, -0.15) is 4.31 Å². The first kappa shape index (κ1) is 23.4. The van der Waals surface area contributed by atoms with E-state index in [4.69, 9.17) is 9.47 Å². The molecule has 9 heteroatoms. The lowest BCUT2D eigenvalue weighted by atomic mass is 10.2. The van der Waals surface area contributed by atoms with E-state index in [0.29, 0.717) is 49.1 Å². The average molecular weight is 465 g/mol. The molecule has 3 rings (SSSR count). The molecule has 1 atom stereocenters. The maximum atomic E-state index is 12.9. The Kier molecular flexibility index (Phi) is 7.51. The second-order valence-electron chi connectivity index (χ2n) is 7.12. The summed E-state index contributed by atoms with van der Waals surface area (Å²) in [6, 6.07) is 10.6. The SMILES string of the molecule is CCN(CC)S(=O)(=O)c1cc(NC(=O)C(C)Sc2ccc3c(c2)OCCO3)ccc1C. The number of carbonyl (C=O) groups excluding carboxylic acids is 1. The molecule has 0 saturated heterocycles. The summed E-state index contributed by atoms with van der Waals surface area (Å²) in [6.07, 6.45) is 0. The number of fused-ring (bicyclic) bond motifs is 1. The molecule has 0 saturated carbocycles. The summed E-state index contributed by atoms with van der Waals surface area (Å²) < 4.78 is 38.4. The Labute approximate surface area is 188 Å². The monoisotopic (exact) mass is 464 g/mol. The fraction of sp³-hybridized carbons (Fsp3) is 0.409. The minimum Gasteiger partial charge on any atom is -0.486 e. The highest BCUT2D eigenvalue weighted by Crippen LogP contribution is 2.35. The van der Waals surface area contributed by atoms with Crippen LogP contribution >= 0.6 is 11.8 Å². The van der Waals surface area contributed by atoms with Crippen molar-refractivity contribution in [1.82, 2.24) is 4.31 Å². The Morgan fingerprint density at radius 1 is 1.10 bits per heavy atom. The number of thioether (sulfide) groups is 1. The van der Waals surface area contributed by atoms with Crippen LogP contribution in [-0.2, 0) is 14.8 Å². The summed E-state index contributed by atoms with van der Waals surface area (Å²) in [5, 5.41) is 2.44. The lowest BCUT2D eigenvalue weighted by Crippen LogP contribution is -2.31. The lowest BCUT2D eigenvalue weighted by Gasteiger charge is -2.21. The minimum absolute atomic E-state index is 0.209. The zero-order chi connectivity index (χ0) is 22.6. The summed E-state index contributed by atoms with van der Waals surface area (Å²) >= 11 is 1.39. The Morgan fingerprint density at radius 2 is 1.77 bits per heavy atom. The van der Waals surface area contributed by atoms with Gasteiger partial charge in [0.25, 0.3) is 0 Å². The number of ether oxygens (including phenoxy) is 2. The molecule has 0 radical (unpaired) electrons. The Balaban J connectivity index is 1.73. The van der Waals surface area contributed by atoms with Gasteiger partial charge in [-0.1, -0.05) is 19.9 Å². The number of aryl methyl sites for hydroxylation is 1. The van der Waals surface area contributed by atoms with E-state index in [1.807, 2.05) is 18.2 Å². The number of nitrogens with one attached hydrogen (secondary N) is 1. The molecule has 1 N–H and O–H groups in total. The van der Waals surface area contributed by atoms with Gasteiger partial charge in [0.05, 0.1) is 10.1 Å². The van der Waals surface area contributed by atoms with E-state index in [-0.39, 0.29) is 10.8 Å². The number of benzene rings is 2. The molecule has 1 aliphatic heterocycles. The number of hydrogen-bond acceptors (Lipinski definition) is 6. The molecule has 1 amide bonds. The zero-order valence-corrected chi connectivity index (χ0v) is 19.8. The number of amides is 1. The van der Waals surface area contributed by atoms with Gasteiger partial charge in [-0.3, -0.25) is 4.79 Å². The number of hydrogen-bond donors (Lipinski definition) is 1. The van der Waals surface area contributed by atoms with Crippen molar-refractivity contribution in [1.29, 1.82) is 0 Å². The van der Waals surface area contributed by atoms with E-state index in [9.17, 15) is 13.2 Å². The highest BCUT2D eigenvalue weighted by atomic mass is 32.2. The van der Waals surface area contributed by atoms with E-state index in [0.717, 1.165) is 4.90 Å². The number of carbonyl (C=O) groups is 1. The van der Waals surface area contributed by atoms with E-state index in [1.54, 1.807) is 39.8 Å². The first-order valence-electron chi connectivity index (χ1n) is 10.2. The van der Waals surface area contributed by atoms with E-state index in [1.165, 1.54) is 22.1 Å². The minimum atomic E-state index is -3.62. The molecule has 7 nitrogen and oxygen atoms in total. The molecule has 1 unspecified atom stereocenters. The Bertz CT molecular complexity index is 1050. The maximum absolute atomic E-state index is 12.9. The van der Waals surface area contributed by atoms with Crippen LogP contribution in [0.25, 0.3) is 0 Å². The first-order chi connectivity index (χ1) is 14.8. The molecular formula is C22H28N2O5S2. The molecular weight excluding hydrogens is 436 g/mol. The first-order valence-corrected chi connectivity index (χ1v) is 12.6. The normalized spacial score (nSPS) is 14.4. The van der Waals surface area contributed by atoms with Gasteiger partial charge in [-0.25, -0.2) is 8.42 Å². The van der Waals surface area contributed by atoms with Crippen LogP contribution in [0.1, 0.15) is 26.3 Å². The second-order valence-corrected chi connectivity index (χ2v) is 10.4. The third kappa shape index (κ3) is 5.34. The van der Waals surface area contributed by atoms with Crippen molar-refractivity contribution in [3.8, 4) is 11.5 Å². The Morgan fingerprint density at radius 3 is 2.45 bits per heavy atom. The molecule has 0 fully saturated rings. The van der Waals surface area contributed by atoms with Gasteiger partial charge in [0.2, 0.25) is 15.9 Å². The largest absolute Gasteiger partial charge is 0.486 e. The predicted octanol–water partition coefficient (Wildman–Crippen LogP) is 3.92. The molecule has 1 aliphatic rings. The van der Waals surface area contributed by atoms with E-state index < -0.39 is 15.3 Å². The van der Waals surface area contributed by atoms with Crippen molar-refractivity contribution in [2.75, 3.05) is 31.6 Å². The summed E-state index contributed by atoms with van der Waals surface area (Å²) in [4.78, 5) is 13.8. The van der Waals surface area contributed by atoms with Gasteiger partial charge in [0.15, 0.2) is 11.5 Å². The van der Waals surface area contributed by atoms with Crippen LogP contribution in [0.4, 0.5) is 5.69 Å². The summed E-state index contributed by atoms with van der Waals surface area (Å²) in [7, 11) is -3.62. The number of nitrogens with zero attached hydrogens (tertiary/aromatic N) is 1. The highest BCUT2D eigenvalue weighted by Gasteiger charge is 2.24. The van der Waals surface area contributed by atoms with Crippen LogP contribution < -0.4 is 14.8 Å².